The van der Waals surface area contributed by atoms with Crippen molar-refractivity contribution < 1.29 is 15.0 Å². The standard InChI is InChI=1S/C16H27N3O3/c1-3-7-13(17)15(21)16(22)18-10-14(20)19-11(2)12-8-5-4-6-9-12/h4-6,8-9,11,13-15,19-21H,3,7,10,17H2,1-2H3,(H,18,22). The van der Waals surface area contributed by atoms with Crippen LogP contribution in [-0.2, 0) is 4.79 Å². The predicted octanol–water partition coefficient (Wildman–Crippen LogP) is 0.260. The summed E-state index contributed by atoms with van der Waals surface area (Å²) in [7, 11) is 0. The molecule has 0 fully saturated rings. The van der Waals surface area contributed by atoms with E-state index in [1.165, 1.54) is 0 Å². The molecule has 0 heterocycles. The fraction of sp³-hybridized carbons (Fsp3) is 0.562. The third-order valence-electron chi connectivity index (χ3n) is 3.51. The van der Waals surface area contributed by atoms with E-state index in [4.69, 9.17) is 5.73 Å². The lowest BCUT2D eigenvalue weighted by Crippen LogP contribution is -2.49. The van der Waals surface area contributed by atoms with Crippen LogP contribution in [0.3, 0.4) is 0 Å². The Labute approximate surface area is 131 Å². The van der Waals surface area contributed by atoms with Crippen LogP contribution in [0.25, 0.3) is 0 Å². The molecule has 22 heavy (non-hydrogen) atoms. The summed E-state index contributed by atoms with van der Waals surface area (Å²) in [5.41, 5.74) is 6.74. The van der Waals surface area contributed by atoms with E-state index in [0.717, 1.165) is 12.0 Å². The highest BCUT2D eigenvalue weighted by atomic mass is 16.3. The highest BCUT2D eigenvalue weighted by molar-refractivity contribution is 5.81. The average Bonchev–Trinajstić information content (AvgIpc) is 2.52. The van der Waals surface area contributed by atoms with Gasteiger partial charge >= 0.3 is 0 Å². The molecule has 0 bridgehead atoms. The van der Waals surface area contributed by atoms with Crippen molar-refractivity contribution in [3.8, 4) is 0 Å². The number of nitrogens with two attached hydrogens (primary N) is 1. The molecule has 0 radical (unpaired) electrons. The number of amides is 1. The van der Waals surface area contributed by atoms with Gasteiger partial charge in [0.1, 0.15) is 12.3 Å². The molecule has 0 spiro atoms. The van der Waals surface area contributed by atoms with Crippen LogP contribution >= 0.6 is 0 Å². The number of hydrogen-bond acceptors (Lipinski definition) is 5. The summed E-state index contributed by atoms with van der Waals surface area (Å²) in [4.78, 5) is 11.7. The molecule has 4 atom stereocenters. The number of nitrogens with one attached hydrogen (secondary N) is 2. The molecule has 0 aliphatic carbocycles. The monoisotopic (exact) mass is 309 g/mol. The fourth-order valence-corrected chi connectivity index (χ4v) is 2.17. The van der Waals surface area contributed by atoms with Gasteiger partial charge in [-0.15, -0.1) is 0 Å². The number of carbonyl (C=O) groups is 1. The van der Waals surface area contributed by atoms with Gasteiger partial charge in [0, 0.05) is 12.1 Å². The Morgan fingerprint density at radius 3 is 2.50 bits per heavy atom. The second kappa shape index (κ2) is 9.53. The largest absolute Gasteiger partial charge is 0.382 e. The summed E-state index contributed by atoms with van der Waals surface area (Å²) < 4.78 is 0. The molecule has 0 aliphatic rings. The zero-order chi connectivity index (χ0) is 16.5. The Balaban J connectivity index is 2.36. The molecule has 4 unspecified atom stereocenters. The summed E-state index contributed by atoms with van der Waals surface area (Å²) in [6, 6.07) is 9.04. The summed E-state index contributed by atoms with van der Waals surface area (Å²) in [6.45, 7) is 3.86. The maximum Gasteiger partial charge on any atom is 0.250 e. The molecule has 6 nitrogen and oxygen atoms in total. The summed E-state index contributed by atoms with van der Waals surface area (Å²) >= 11 is 0. The highest BCUT2D eigenvalue weighted by Crippen LogP contribution is 2.11. The number of aliphatic hydroxyl groups excluding tert-OH is 2. The van der Waals surface area contributed by atoms with Crippen LogP contribution in [0.2, 0.25) is 0 Å². The van der Waals surface area contributed by atoms with Crippen molar-refractivity contribution in [2.45, 2.75) is 51.1 Å². The van der Waals surface area contributed by atoms with E-state index >= 15 is 0 Å². The van der Waals surface area contributed by atoms with Crippen molar-refractivity contribution in [1.29, 1.82) is 0 Å². The van der Waals surface area contributed by atoms with E-state index in [1.54, 1.807) is 0 Å². The van der Waals surface area contributed by atoms with Gasteiger partial charge in [-0.2, -0.15) is 0 Å². The van der Waals surface area contributed by atoms with Crippen LogP contribution in [0.4, 0.5) is 0 Å². The maximum atomic E-state index is 11.7. The third kappa shape index (κ3) is 6.11. The van der Waals surface area contributed by atoms with Gasteiger partial charge in [-0.3, -0.25) is 10.1 Å². The summed E-state index contributed by atoms with van der Waals surface area (Å²) in [5, 5.41) is 25.1. The van der Waals surface area contributed by atoms with Crippen molar-refractivity contribution in [3.63, 3.8) is 0 Å². The molecule has 1 aromatic carbocycles. The second-order valence-electron chi connectivity index (χ2n) is 5.46. The van der Waals surface area contributed by atoms with E-state index in [2.05, 4.69) is 10.6 Å². The van der Waals surface area contributed by atoms with E-state index in [1.807, 2.05) is 44.2 Å². The van der Waals surface area contributed by atoms with E-state index in [0.29, 0.717) is 6.42 Å². The van der Waals surface area contributed by atoms with Gasteiger partial charge in [0.15, 0.2) is 0 Å². The minimum Gasteiger partial charge on any atom is -0.382 e. The predicted molar refractivity (Wildman–Crippen MR) is 85.9 cm³/mol. The van der Waals surface area contributed by atoms with Crippen LogP contribution in [-0.4, -0.2) is 41.0 Å². The molecular weight excluding hydrogens is 282 g/mol. The van der Waals surface area contributed by atoms with Crippen LogP contribution in [0.5, 0.6) is 0 Å². The first-order chi connectivity index (χ1) is 10.5. The molecule has 124 valence electrons. The minimum absolute atomic E-state index is 0.00586. The van der Waals surface area contributed by atoms with Gasteiger partial charge in [0.25, 0.3) is 5.91 Å². The SMILES string of the molecule is CCCC(N)C(O)C(=O)NCC(O)NC(C)c1ccccc1. The normalized spacial score (nSPS) is 16.6. The van der Waals surface area contributed by atoms with Gasteiger partial charge in [-0.25, -0.2) is 0 Å². The Morgan fingerprint density at radius 1 is 1.27 bits per heavy atom. The van der Waals surface area contributed by atoms with Gasteiger partial charge < -0.3 is 21.3 Å². The molecule has 1 rings (SSSR count). The van der Waals surface area contributed by atoms with E-state index in [9.17, 15) is 15.0 Å². The first kappa shape index (κ1) is 18.6. The molecule has 0 aromatic heterocycles. The zero-order valence-electron chi connectivity index (χ0n) is 13.2. The molecule has 0 saturated heterocycles. The zero-order valence-corrected chi connectivity index (χ0v) is 13.2. The highest BCUT2D eigenvalue weighted by Gasteiger charge is 2.22. The molecule has 6 N–H and O–H groups in total. The first-order valence-electron chi connectivity index (χ1n) is 7.66. The summed E-state index contributed by atoms with van der Waals surface area (Å²) in [6.07, 6.45) is -0.794. The van der Waals surface area contributed by atoms with Crippen LogP contribution in [0, 0.1) is 0 Å². The topological polar surface area (TPSA) is 108 Å². The smallest absolute Gasteiger partial charge is 0.250 e. The Kier molecular flexibility index (Phi) is 8.05. The van der Waals surface area contributed by atoms with Crippen molar-refractivity contribution in [1.82, 2.24) is 10.6 Å². The Morgan fingerprint density at radius 2 is 1.91 bits per heavy atom. The molecule has 0 aliphatic heterocycles. The number of aliphatic hydroxyl groups is 2. The van der Waals surface area contributed by atoms with Crippen LogP contribution < -0.4 is 16.4 Å². The number of hydrogen-bond donors (Lipinski definition) is 5. The molecular formula is C16H27N3O3. The molecule has 6 heteroatoms. The quantitative estimate of drug-likeness (QED) is 0.421. The number of rotatable bonds is 9. The lowest BCUT2D eigenvalue weighted by atomic mass is 10.1. The molecule has 0 saturated carbocycles. The number of carbonyl (C=O) groups excluding carboxylic acids is 1. The van der Waals surface area contributed by atoms with Gasteiger partial charge in [0.05, 0.1) is 6.54 Å². The van der Waals surface area contributed by atoms with E-state index < -0.39 is 24.3 Å². The van der Waals surface area contributed by atoms with Gasteiger partial charge in [-0.1, -0.05) is 43.7 Å². The van der Waals surface area contributed by atoms with Gasteiger partial charge in [-0.05, 0) is 18.9 Å². The van der Waals surface area contributed by atoms with Crippen molar-refractivity contribution in [2.75, 3.05) is 6.54 Å². The van der Waals surface area contributed by atoms with Crippen LogP contribution in [0.15, 0.2) is 30.3 Å². The Hall–Kier alpha value is -1.47. The fourth-order valence-electron chi connectivity index (χ4n) is 2.17. The average molecular weight is 309 g/mol. The maximum absolute atomic E-state index is 11.7. The Bertz CT molecular complexity index is 442. The van der Waals surface area contributed by atoms with Crippen molar-refractivity contribution in [3.05, 3.63) is 35.9 Å². The summed E-state index contributed by atoms with van der Waals surface area (Å²) in [5.74, 6) is -0.561. The second-order valence-corrected chi connectivity index (χ2v) is 5.46. The lowest BCUT2D eigenvalue weighted by Gasteiger charge is -2.22. The molecule has 1 aromatic rings. The van der Waals surface area contributed by atoms with Crippen molar-refractivity contribution >= 4 is 5.91 Å². The lowest BCUT2D eigenvalue weighted by molar-refractivity contribution is -0.131. The first-order valence-corrected chi connectivity index (χ1v) is 7.66. The molecule has 1 amide bonds. The van der Waals surface area contributed by atoms with Crippen molar-refractivity contribution in [2.24, 2.45) is 5.73 Å². The van der Waals surface area contributed by atoms with Crippen LogP contribution in [0.1, 0.15) is 38.3 Å². The number of benzene rings is 1. The minimum atomic E-state index is -1.25. The van der Waals surface area contributed by atoms with Gasteiger partial charge in [0.2, 0.25) is 0 Å². The van der Waals surface area contributed by atoms with E-state index in [-0.39, 0.29) is 12.6 Å². The third-order valence-corrected chi connectivity index (χ3v) is 3.51.